The number of esters is 1. The maximum Gasteiger partial charge on any atom is 0.330 e. The lowest BCUT2D eigenvalue weighted by molar-refractivity contribution is -0.384. The first kappa shape index (κ1) is 18.3. The maximum atomic E-state index is 12.8. The molecular formula is C20H18N2O5. The van der Waals surface area contributed by atoms with Gasteiger partial charge in [0.2, 0.25) is 0 Å². The van der Waals surface area contributed by atoms with E-state index < -0.39 is 10.9 Å². The zero-order chi connectivity index (χ0) is 19.4. The molecule has 1 aliphatic rings. The summed E-state index contributed by atoms with van der Waals surface area (Å²) in [6, 6.07) is 11.3. The van der Waals surface area contributed by atoms with Crippen LogP contribution in [-0.2, 0) is 16.0 Å². The minimum absolute atomic E-state index is 0.111. The van der Waals surface area contributed by atoms with E-state index >= 15 is 0 Å². The molecule has 138 valence electrons. The van der Waals surface area contributed by atoms with Crippen molar-refractivity contribution in [3.63, 3.8) is 0 Å². The van der Waals surface area contributed by atoms with Crippen LogP contribution in [0, 0.1) is 10.1 Å². The summed E-state index contributed by atoms with van der Waals surface area (Å²) >= 11 is 0. The van der Waals surface area contributed by atoms with Gasteiger partial charge in [0.1, 0.15) is 0 Å². The maximum absolute atomic E-state index is 12.8. The normalized spacial score (nSPS) is 12.9. The number of carbonyl (C=O) groups is 2. The Morgan fingerprint density at radius 2 is 2.07 bits per heavy atom. The van der Waals surface area contributed by atoms with Gasteiger partial charge in [0.05, 0.1) is 11.5 Å². The van der Waals surface area contributed by atoms with Gasteiger partial charge < -0.3 is 9.64 Å². The lowest BCUT2D eigenvalue weighted by Crippen LogP contribution is -2.28. The second kappa shape index (κ2) is 7.82. The van der Waals surface area contributed by atoms with E-state index in [1.165, 1.54) is 24.3 Å². The summed E-state index contributed by atoms with van der Waals surface area (Å²) in [5, 5.41) is 10.9. The quantitative estimate of drug-likeness (QED) is 0.350. The molecule has 2 aromatic rings. The number of non-ortho nitro benzene ring substituents is 1. The molecule has 0 unspecified atom stereocenters. The number of rotatable bonds is 5. The van der Waals surface area contributed by atoms with Gasteiger partial charge in [0.25, 0.3) is 11.6 Å². The van der Waals surface area contributed by atoms with Crippen LogP contribution in [-0.4, -0.2) is 30.0 Å². The number of amides is 1. The van der Waals surface area contributed by atoms with Gasteiger partial charge in [-0.15, -0.1) is 0 Å². The fourth-order valence-electron chi connectivity index (χ4n) is 3.00. The second-order valence-electron chi connectivity index (χ2n) is 5.99. The first-order chi connectivity index (χ1) is 13.0. The third-order valence-electron chi connectivity index (χ3n) is 4.25. The van der Waals surface area contributed by atoms with Crippen molar-refractivity contribution in [3.05, 3.63) is 75.3 Å². The molecule has 0 fully saturated rings. The van der Waals surface area contributed by atoms with E-state index in [1.807, 2.05) is 18.2 Å². The van der Waals surface area contributed by atoms with Crippen LogP contribution in [0.5, 0.6) is 0 Å². The number of anilines is 1. The van der Waals surface area contributed by atoms with Crippen molar-refractivity contribution in [1.82, 2.24) is 0 Å². The van der Waals surface area contributed by atoms with Crippen molar-refractivity contribution >= 4 is 29.3 Å². The number of nitrogens with zero attached hydrogens (tertiary/aromatic N) is 2. The number of nitro benzene ring substituents is 1. The van der Waals surface area contributed by atoms with Crippen molar-refractivity contribution in [2.24, 2.45) is 0 Å². The highest BCUT2D eigenvalue weighted by molar-refractivity contribution is 6.07. The van der Waals surface area contributed by atoms with Crippen molar-refractivity contribution in [2.75, 3.05) is 18.1 Å². The Balaban J connectivity index is 1.81. The molecule has 2 aromatic carbocycles. The summed E-state index contributed by atoms with van der Waals surface area (Å²) in [4.78, 5) is 36.2. The Morgan fingerprint density at radius 3 is 2.81 bits per heavy atom. The van der Waals surface area contributed by atoms with E-state index in [-0.39, 0.29) is 17.2 Å². The van der Waals surface area contributed by atoms with Gasteiger partial charge in [0.15, 0.2) is 0 Å². The number of nitro groups is 1. The monoisotopic (exact) mass is 366 g/mol. The molecule has 0 bridgehead atoms. The molecule has 0 spiro atoms. The molecule has 0 atom stereocenters. The Kier molecular flexibility index (Phi) is 5.30. The predicted molar refractivity (Wildman–Crippen MR) is 101 cm³/mol. The average molecular weight is 366 g/mol. The molecule has 1 aliphatic heterocycles. The van der Waals surface area contributed by atoms with Crippen LogP contribution in [0.25, 0.3) is 6.08 Å². The molecule has 1 heterocycles. The third kappa shape index (κ3) is 4.03. The molecule has 0 N–H and O–H groups in total. The van der Waals surface area contributed by atoms with Crippen LogP contribution in [0.15, 0.2) is 48.5 Å². The number of benzene rings is 2. The van der Waals surface area contributed by atoms with Gasteiger partial charge in [-0.3, -0.25) is 14.9 Å². The molecular weight excluding hydrogens is 348 g/mol. The minimum Gasteiger partial charge on any atom is -0.463 e. The highest BCUT2D eigenvalue weighted by Gasteiger charge is 2.26. The third-order valence-corrected chi connectivity index (χ3v) is 4.25. The summed E-state index contributed by atoms with van der Waals surface area (Å²) in [5.41, 5.74) is 2.77. The first-order valence-corrected chi connectivity index (χ1v) is 8.53. The first-order valence-electron chi connectivity index (χ1n) is 8.53. The average Bonchev–Trinajstić information content (AvgIpc) is 3.09. The fraction of sp³-hybridized carbons (Fsp3) is 0.200. The van der Waals surface area contributed by atoms with E-state index in [1.54, 1.807) is 24.0 Å². The Labute approximate surface area is 156 Å². The summed E-state index contributed by atoms with van der Waals surface area (Å²) in [6.45, 7) is 2.57. The van der Waals surface area contributed by atoms with E-state index in [0.717, 1.165) is 16.8 Å². The highest BCUT2D eigenvalue weighted by Crippen LogP contribution is 2.31. The summed E-state index contributed by atoms with van der Waals surface area (Å²) in [5.74, 6) is -0.673. The molecule has 0 saturated carbocycles. The molecule has 0 aliphatic carbocycles. The molecule has 3 rings (SSSR count). The molecule has 0 radical (unpaired) electrons. The van der Waals surface area contributed by atoms with Gasteiger partial charge >= 0.3 is 5.97 Å². The van der Waals surface area contributed by atoms with Crippen LogP contribution in [0.3, 0.4) is 0 Å². The smallest absolute Gasteiger partial charge is 0.330 e. The fourth-order valence-corrected chi connectivity index (χ4v) is 3.00. The number of fused-ring (bicyclic) bond motifs is 1. The Hall–Kier alpha value is -3.48. The number of hydrogen-bond acceptors (Lipinski definition) is 5. The lowest BCUT2D eigenvalue weighted by atomic mass is 10.1. The van der Waals surface area contributed by atoms with Crippen LogP contribution in [0.4, 0.5) is 11.4 Å². The van der Waals surface area contributed by atoms with E-state index in [9.17, 15) is 19.7 Å². The van der Waals surface area contributed by atoms with Gasteiger partial charge in [-0.25, -0.2) is 4.79 Å². The molecule has 27 heavy (non-hydrogen) atoms. The molecule has 7 heteroatoms. The van der Waals surface area contributed by atoms with Crippen LogP contribution < -0.4 is 4.90 Å². The van der Waals surface area contributed by atoms with Crippen LogP contribution >= 0.6 is 0 Å². The van der Waals surface area contributed by atoms with Crippen molar-refractivity contribution in [3.8, 4) is 0 Å². The van der Waals surface area contributed by atoms with Crippen molar-refractivity contribution in [2.45, 2.75) is 13.3 Å². The van der Waals surface area contributed by atoms with Crippen molar-refractivity contribution in [1.29, 1.82) is 0 Å². The predicted octanol–water partition coefficient (Wildman–Crippen LogP) is 3.37. The SMILES string of the molecule is CCOC(=O)/C=C/c1ccc2c(c1)CCN2C(=O)c1cccc([N+](=O)[O-])c1. The number of carbonyl (C=O) groups excluding carboxylic acids is 2. The number of hydrogen-bond donors (Lipinski definition) is 0. The lowest BCUT2D eigenvalue weighted by Gasteiger charge is -2.17. The molecule has 0 aromatic heterocycles. The summed E-state index contributed by atoms with van der Waals surface area (Å²) < 4.78 is 4.85. The summed E-state index contributed by atoms with van der Waals surface area (Å²) in [7, 11) is 0. The summed E-state index contributed by atoms with van der Waals surface area (Å²) in [6.07, 6.45) is 3.71. The second-order valence-corrected chi connectivity index (χ2v) is 5.99. The largest absolute Gasteiger partial charge is 0.463 e. The van der Waals surface area contributed by atoms with E-state index in [0.29, 0.717) is 19.6 Å². The minimum atomic E-state index is -0.517. The molecule has 7 nitrogen and oxygen atoms in total. The van der Waals surface area contributed by atoms with Gasteiger partial charge in [-0.2, -0.15) is 0 Å². The zero-order valence-corrected chi connectivity index (χ0v) is 14.8. The van der Waals surface area contributed by atoms with Gasteiger partial charge in [-0.05, 0) is 48.7 Å². The molecule has 0 saturated heterocycles. The van der Waals surface area contributed by atoms with E-state index in [2.05, 4.69) is 0 Å². The van der Waals surface area contributed by atoms with Gasteiger partial charge in [0, 0.05) is 36.0 Å². The standard InChI is InChI=1S/C20H18N2O5/c1-2-27-19(23)9-7-14-6-8-18-15(12-14)10-11-21(18)20(24)16-4-3-5-17(13-16)22(25)26/h3-9,12-13H,2,10-11H2,1H3/b9-7+. The van der Waals surface area contributed by atoms with E-state index in [4.69, 9.17) is 4.74 Å². The molecule has 1 amide bonds. The number of ether oxygens (including phenoxy) is 1. The topological polar surface area (TPSA) is 89.8 Å². The Morgan fingerprint density at radius 1 is 1.26 bits per heavy atom. The zero-order valence-electron chi connectivity index (χ0n) is 14.8. The highest BCUT2D eigenvalue weighted by atomic mass is 16.6. The van der Waals surface area contributed by atoms with Crippen LogP contribution in [0.1, 0.15) is 28.4 Å². The van der Waals surface area contributed by atoms with Crippen LogP contribution in [0.2, 0.25) is 0 Å². The van der Waals surface area contributed by atoms with Gasteiger partial charge in [-0.1, -0.05) is 12.1 Å². The Bertz CT molecular complexity index is 936. The van der Waals surface area contributed by atoms with Crippen molar-refractivity contribution < 1.29 is 19.2 Å².